The summed E-state index contributed by atoms with van der Waals surface area (Å²) in [7, 11) is 0. The van der Waals surface area contributed by atoms with E-state index < -0.39 is 0 Å². The molecular formula is C6H15N3. The number of hydrogen-bond acceptors (Lipinski definition) is 3. The maximum atomic E-state index is 5.50. The molecule has 3 nitrogen and oxygen atoms in total. The summed E-state index contributed by atoms with van der Waals surface area (Å²) < 4.78 is 0. The van der Waals surface area contributed by atoms with Crippen molar-refractivity contribution in [1.29, 1.82) is 0 Å². The van der Waals surface area contributed by atoms with Crippen molar-refractivity contribution in [2.75, 3.05) is 19.6 Å². The van der Waals surface area contributed by atoms with E-state index in [0.717, 1.165) is 19.6 Å². The maximum Gasteiger partial charge on any atom is 0.0230 e. The molecule has 0 spiro atoms. The van der Waals surface area contributed by atoms with Gasteiger partial charge in [0, 0.05) is 12.6 Å². The van der Waals surface area contributed by atoms with Crippen molar-refractivity contribution in [2.24, 2.45) is 17.4 Å². The summed E-state index contributed by atoms with van der Waals surface area (Å²) in [6.07, 6.45) is 1.19. The van der Waals surface area contributed by atoms with E-state index in [9.17, 15) is 0 Å². The van der Waals surface area contributed by atoms with Crippen molar-refractivity contribution in [3.63, 3.8) is 0 Å². The molecule has 0 aromatic carbocycles. The van der Waals surface area contributed by atoms with Crippen molar-refractivity contribution in [2.45, 2.75) is 12.5 Å². The minimum absolute atomic E-state index is 0.481. The Balaban J connectivity index is 2.32. The van der Waals surface area contributed by atoms with Crippen LogP contribution < -0.4 is 16.8 Å². The van der Waals surface area contributed by atoms with E-state index in [2.05, 4.69) is 5.32 Å². The summed E-state index contributed by atoms with van der Waals surface area (Å²) in [5.74, 6) is 0.620. The molecule has 5 N–H and O–H groups in total. The predicted molar refractivity (Wildman–Crippen MR) is 38.0 cm³/mol. The second kappa shape index (κ2) is 3.15. The van der Waals surface area contributed by atoms with Crippen LogP contribution in [-0.2, 0) is 0 Å². The van der Waals surface area contributed by atoms with Crippen LogP contribution in [0.1, 0.15) is 6.42 Å². The van der Waals surface area contributed by atoms with Gasteiger partial charge in [-0.15, -0.1) is 0 Å². The van der Waals surface area contributed by atoms with Crippen molar-refractivity contribution in [3.8, 4) is 0 Å². The van der Waals surface area contributed by atoms with Gasteiger partial charge >= 0.3 is 0 Å². The summed E-state index contributed by atoms with van der Waals surface area (Å²) in [5.41, 5.74) is 11.0. The van der Waals surface area contributed by atoms with Crippen LogP contribution in [0.2, 0.25) is 0 Å². The molecule has 1 saturated heterocycles. The van der Waals surface area contributed by atoms with Crippen molar-refractivity contribution >= 4 is 0 Å². The lowest BCUT2D eigenvalue weighted by molar-refractivity contribution is 0.463. The normalized spacial score (nSPS) is 35.3. The van der Waals surface area contributed by atoms with E-state index in [1.165, 1.54) is 6.42 Å². The van der Waals surface area contributed by atoms with Crippen LogP contribution >= 0.6 is 0 Å². The molecule has 0 saturated carbocycles. The molecular weight excluding hydrogens is 114 g/mol. The Kier molecular flexibility index (Phi) is 2.45. The van der Waals surface area contributed by atoms with Crippen LogP contribution in [0.5, 0.6) is 0 Å². The number of rotatable bonds is 2. The first kappa shape index (κ1) is 6.99. The van der Waals surface area contributed by atoms with E-state index in [1.807, 2.05) is 0 Å². The van der Waals surface area contributed by atoms with Gasteiger partial charge in [-0.1, -0.05) is 0 Å². The molecule has 0 radical (unpaired) electrons. The summed E-state index contributed by atoms with van der Waals surface area (Å²) >= 11 is 0. The fraction of sp³-hybridized carbons (Fsp3) is 1.00. The zero-order chi connectivity index (χ0) is 6.69. The third-order valence-electron chi connectivity index (χ3n) is 2.05. The van der Waals surface area contributed by atoms with Crippen molar-refractivity contribution < 1.29 is 0 Å². The largest absolute Gasteiger partial charge is 0.330 e. The molecule has 1 aliphatic rings. The lowest BCUT2D eigenvalue weighted by Gasteiger charge is -2.14. The molecule has 54 valence electrons. The number of nitrogens with one attached hydrogen (secondary N) is 1. The van der Waals surface area contributed by atoms with Gasteiger partial charge in [-0.3, -0.25) is 0 Å². The van der Waals surface area contributed by atoms with E-state index in [4.69, 9.17) is 11.5 Å². The molecule has 0 aromatic heterocycles. The van der Waals surface area contributed by atoms with Crippen molar-refractivity contribution in [1.82, 2.24) is 5.32 Å². The molecule has 1 rings (SSSR count). The van der Waals surface area contributed by atoms with Crippen molar-refractivity contribution in [3.05, 3.63) is 0 Å². The molecule has 1 fully saturated rings. The fourth-order valence-corrected chi connectivity index (χ4v) is 1.38. The zero-order valence-corrected chi connectivity index (χ0v) is 5.64. The third-order valence-corrected chi connectivity index (χ3v) is 2.05. The Hall–Kier alpha value is -0.120. The van der Waals surface area contributed by atoms with Gasteiger partial charge < -0.3 is 16.8 Å². The molecule has 2 unspecified atom stereocenters. The van der Waals surface area contributed by atoms with Gasteiger partial charge in [0.05, 0.1) is 0 Å². The molecule has 3 heteroatoms. The average Bonchev–Trinajstić information content (AvgIpc) is 2.33. The number of hydrogen-bond donors (Lipinski definition) is 3. The van der Waals surface area contributed by atoms with Crippen LogP contribution in [0.25, 0.3) is 0 Å². The standard InChI is InChI=1S/C6H15N3/c7-3-5-1-2-9-6(5)4-8/h5-6,9H,1-4,7-8H2. The highest BCUT2D eigenvalue weighted by Crippen LogP contribution is 2.11. The van der Waals surface area contributed by atoms with Gasteiger partial charge in [0.1, 0.15) is 0 Å². The summed E-state index contributed by atoms with van der Waals surface area (Å²) in [4.78, 5) is 0. The molecule has 0 aromatic rings. The lowest BCUT2D eigenvalue weighted by atomic mass is 10.0. The first-order valence-corrected chi connectivity index (χ1v) is 3.52. The molecule has 0 amide bonds. The molecule has 2 atom stereocenters. The maximum absolute atomic E-state index is 5.50. The van der Waals surface area contributed by atoms with Crippen LogP contribution in [0.3, 0.4) is 0 Å². The van der Waals surface area contributed by atoms with Gasteiger partial charge in [0.2, 0.25) is 0 Å². The summed E-state index contributed by atoms with van der Waals surface area (Å²) in [6.45, 7) is 2.58. The molecule has 9 heavy (non-hydrogen) atoms. The van der Waals surface area contributed by atoms with E-state index in [-0.39, 0.29) is 0 Å². The minimum Gasteiger partial charge on any atom is -0.330 e. The quantitative estimate of drug-likeness (QED) is 0.442. The predicted octanol–water partition coefficient (Wildman–Crippen LogP) is -1.12. The highest BCUT2D eigenvalue weighted by atomic mass is 15.0. The van der Waals surface area contributed by atoms with Crippen LogP contribution in [-0.4, -0.2) is 25.7 Å². The average molecular weight is 129 g/mol. The SMILES string of the molecule is NCC1CCNC1CN. The Bertz CT molecular complexity index is 74.4. The van der Waals surface area contributed by atoms with E-state index >= 15 is 0 Å². The topological polar surface area (TPSA) is 64.1 Å². The Morgan fingerprint density at radius 3 is 2.56 bits per heavy atom. The van der Waals surface area contributed by atoms with E-state index in [1.54, 1.807) is 0 Å². The summed E-state index contributed by atoms with van der Waals surface area (Å²) in [6, 6.07) is 0.481. The Labute approximate surface area is 55.8 Å². The van der Waals surface area contributed by atoms with Crippen LogP contribution in [0, 0.1) is 5.92 Å². The first-order valence-electron chi connectivity index (χ1n) is 3.52. The molecule has 0 bridgehead atoms. The minimum atomic E-state index is 0.481. The van der Waals surface area contributed by atoms with Gasteiger partial charge in [-0.2, -0.15) is 0 Å². The first-order chi connectivity index (χ1) is 4.38. The lowest BCUT2D eigenvalue weighted by Crippen LogP contribution is -2.37. The van der Waals surface area contributed by atoms with Gasteiger partial charge in [0.25, 0.3) is 0 Å². The molecule has 1 heterocycles. The highest BCUT2D eigenvalue weighted by molar-refractivity contribution is 4.84. The third kappa shape index (κ3) is 1.41. The van der Waals surface area contributed by atoms with Crippen LogP contribution in [0.15, 0.2) is 0 Å². The van der Waals surface area contributed by atoms with E-state index in [0.29, 0.717) is 12.0 Å². The smallest absolute Gasteiger partial charge is 0.0230 e. The second-order valence-electron chi connectivity index (χ2n) is 2.58. The monoisotopic (exact) mass is 129 g/mol. The number of nitrogens with two attached hydrogens (primary N) is 2. The fourth-order valence-electron chi connectivity index (χ4n) is 1.38. The van der Waals surface area contributed by atoms with Gasteiger partial charge in [-0.05, 0) is 25.4 Å². The molecule has 0 aliphatic carbocycles. The van der Waals surface area contributed by atoms with Crippen LogP contribution in [0.4, 0.5) is 0 Å². The van der Waals surface area contributed by atoms with Gasteiger partial charge in [-0.25, -0.2) is 0 Å². The highest BCUT2D eigenvalue weighted by Gasteiger charge is 2.23. The molecule has 1 aliphatic heterocycles. The Morgan fingerprint density at radius 1 is 1.33 bits per heavy atom. The Morgan fingerprint density at radius 2 is 2.11 bits per heavy atom. The second-order valence-corrected chi connectivity index (χ2v) is 2.58. The summed E-state index contributed by atoms with van der Waals surface area (Å²) in [5, 5.41) is 3.30. The zero-order valence-electron chi connectivity index (χ0n) is 5.64. The van der Waals surface area contributed by atoms with Gasteiger partial charge in [0.15, 0.2) is 0 Å².